The first kappa shape index (κ1) is 13.4. The molecule has 0 fully saturated rings. The average Bonchev–Trinajstić information content (AvgIpc) is 2.75. The Morgan fingerprint density at radius 2 is 2.35 bits per heavy atom. The molecule has 0 saturated carbocycles. The number of aromatic amines is 1. The van der Waals surface area contributed by atoms with Crippen LogP contribution >= 0.6 is 0 Å². The van der Waals surface area contributed by atoms with Gasteiger partial charge in [0.05, 0.1) is 11.5 Å². The summed E-state index contributed by atoms with van der Waals surface area (Å²) >= 11 is 0. The third-order valence-electron chi connectivity index (χ3n) is 2.39. The highest BCUT2D eigenvalue weighted by Crippen LogP contribution is 2.24. The molecule has 2 aromatic rings. The molecule has 0 saturated heterocycles. The number of hydrogen-bond acceptors (Lipinski definition) is 7. The van der Waals surface area contributed by atoms with Crippen LogP contribution in [-0.2, 0) is 0 Å². The predicted octanol–water partition coefficient (Wildman–Crippen LogP) is 1.27. The molecule has 0 aliphatic rings. The molecule has 0 bridgehead atoms. The summed E-state index contributed by atoms with van der Waals surface area (Å²) in [5, 5.41) is 15.9. The fourth-order valence-corrected chi connectivity index (χ4v) is 1.59. The van der Waals surface area contributed by atoms with Gasteiger partial charge in [-0.1, -0.05) is 0 Å². The highest BCUT2D eigenvalue weighted by molar-refractivity contribution is 5.51. The number of ether oxygens (including phenoxy) is 1. The molecule has 2 rings (SSSR count). The normalized spacial score (nSPS) is 10.2. The Balaban J connectivity index is 2.68. The van der Waals surface area contributed by atoms with Crippen LogP contribution in [0.3, 0.4) is 0 Å². The molecule has 10 nitrogen and oxygen atoms in total. The minimum Gasteiger partial charge on any atom is -0.477 e. The summed E-state index contributed by atoms with van der Waals surface area (Å²) in [4.78, 5) is 36.6. The van der Waals surface area contributed by atoms with Crippen molar-refractivity contribution in [1.82, 2.24) is 14.8 Å². The molecular weight excluding hydrogens is 270 g/mol. The van der Waals surface area contributed by atoms with Crippen LogP contribution in [0.1, 0.15) is 6.92 Å². The molecule has 104 valence electrons. The van der Waals surface area contributed by atoms with E-state index in [9.17, 15) is 19.8 Å². The van der Waals surface area contributed by atoms with E-state index in [0.717, 1.165) is 4.68 Å². The number of rotatable bonds is 5. The highest BCUT2D eigenvalue weighted by Gasteiger charge is 2.23. The van der Waals surface area contributed by atoms with Crippen molar-refractivity contribution in [2.24, 2.45) is 5.18 Å². The van der Waals surface area contributed by atoms with E-state index < -0.39 is 21.9 Å². The van der Waals surface area contributed by atoms with E-state index in [0.29, 0.717) is 0 Å². The quantitative estimate of drug-likeness (QED) is 0.497. The Kier molecular flexibility index (Phi) is 3.55. The van der Waals surface area contributed by atoms with Gasteiger partial charge in [0.15, 0.2) is 0 Å². The largest absolute Gasteiger partial charge is 0.477 e. The fraction of sp³-hybridized carbons (Fsp3) is 0.200. The van der Waals surface area contributed by atoms with Gasteiger partial charge in [-0.15, -0.1) is 4.91 Å². The average molecular weight is 279 g/mol. The van der Waals surface area contributed by atoms with E-state index >= 15 is 0 Å². The van der Waals surface area contributed by atoms with Gasteiger partial charge in [-0.05, 0) is 18.2 Å². The van der Waals surface area contributed by atoms with Crippen molar-refractivity contribution < 1.29 is 9.66 Å². The smallest absolute Gasteiger partial charge is 0.313 e. The minimum atomic E-state index is -0.870. The molecule has 0 aliphatic carbocycles. The van der Waals surface area contributed by atoms with Gasteiger partial charge in [0.1, 0.15) is 0 Å². The lowest BCUT2D eigenvalue weighted by Gasteiger charge is -2.01. The Labute approximate surface area is 111 Å². The molecule has 10 heteroatoms. The number of nitro groups is 1. The first-order valence-electron chi connectivity index (χ1n) is 5.51. The zero-order chi connectivity index (χ0) is 14.7. The second kappa shape index (κ2) is 5.30. The zero-order valence-electron chi connectivity index (χ0n) is 10.3. The van der Waals surface area contributed by atoms with E-state index in [2.05, 4.69) is 15.3 Å². The van der Waals surface area contributed by atoms with Crippen LogP contribution in [0.25, 0.3) is 5.82 Å². The summed E-state index contributed by atoms with van der Waals surface area (Å²) < 4.78 is 5.79. The Hall–Kier alpha value is -3.04. The third kappa shape index (κ3) is 2.13. The maximum Gasteiger partial charge on any atom is 0.313 e. The lowest BCUT2D eigenvalue weighted by Crippen LogP contribution is -2.16. The number of nitrogens with zero attached hydrogens (tertiary/aromatic N) is 4. The van der Waals surface area contributed by atoms with Crippen molar-refractivity contribution in [1.29, 1.82) is 0 Å². The summed E-state index contributed by atoms with van der Waals surface area (Å²) in [5.74, 6) is -0.411. The van der Waals surface area contributed by atoms with Crippen molar-refractivity contribution >= 4 is 11.4 Å². The number of aromatic nitrogens is 3. The molecule has 2 aromatic heterocycles. The van der Waals surface area contributed by atoms with Crippen molar-refractivity contribution in [3.8, 4) is 11.7 Å². The maximum absolute atomic E-state index is 12.0. The number of nitrogens with one attached hydrogen (secondary N) is 1. The minimum absolute atomic E-state index is 0.160. The molecule has 0 amide bonds. The van der Waals surface area contributed by atoms with Crippen LogP contribution in [0.5, 0.6) is 5.88 Å². The van der Waals surface area contributed by atoms with E-state index in [1.54, 1.807) is 6.92 Å². The number of nitroso groups, excluding NO2 is 1. The topological polar surface area (TPSA) is 132 Å². The summed E-state index contributed by atoms with van der Waals surface area (Å²) in [7, 11) is 0. The number of pyridine rings is 1. The monoisotopic (exact) mass is 279 g/mol. The van der Waals surface area contributed by atoms with Crippen LogP contribution in [0.4, 0.5) is 11.4 Å². The van der Waals surface area contributed by atoms with Crippen LogP contribution in [0.15, 0.2) is 28.3 Å². The molecule has 0 aromatic carbocycles. The van der Waals surface area contributed by atoms with Crippen molar-refractivity contribution in [3.63, 3.8) is 0 Å². The van der Waals surface area contributed by atoms with Gasteiger partial charge >= 0.3 is 11.2 Å². The van der Waals surface area contributed by atoms with Gasteiger partial charge in [0.2, 0.25) is 17.4 Å². The van der Waals surface area contributed by atoms with Crippen LogP contribution in [0.2, 0.25) is 0 Å². The molecule has 20 heavy (non-hydrogen) atoms. The van der Waals surface area contributed by atoms with Crippen LogP contribution in [0, 0.1) is 15.0 Å². The van der Waals surface area contributed by atoms with Gasteiger partial charge in [0, 0.05) is 12.3 Å². The van der Waals surface area contributed by atoms with Gasteiger partial charge < -0.3 is 4.74 Å². The SMILES string of the molecule is CCOc1[nH]n(-c2ncccc2[N+](=O)[O-])c(=O)c1N=O. The molecule has 0 spiro atoms. The second-order valence-corrected chi connectivity index (χ2v) is 3.56. The first-order chi connectivity index (χ1) is 9.60. The van der Waals surface area contributed by atoms with Crippen LogP contribution < -0.4 is 10.3 Å². The summed E-state index contributed by atoms with van der Waals surface area (Å²) in [5.41, 5.74) is -1.76. The van der Waals surface area contributed by atoms with Crippen molar-refractivity contribution in [2.75, 3.05) is 6.61 Å². The van der Waals surface area contributed by atoms with E-state index in [-0.39, 0.29) is 18.3 Å². The Bertz CT molecular complexity index is 719. The lowest BCUT2D eigenvalue weighted by atomic mass is 10.4. The Morgan fingerprint density at radius 1 is 1.60 bits per heavy atom. The second-order valence-electron chi connectivity index (χ2n) is 3.56. The molecule has 0 unspecified atom stereocenters. The fourth-order valence-electron chi connectivity index (χ4n) is 1.59. The molecule has 0 aliphatic heterocycles. The number of H-pyrrole nitrogens is 1. The Morgan fingerprint density at radius 3 is 2.95 bits per heavy atom. The molecule has 0 atom stereocenters. The van der Waals surface area contributed by atoms with E-state index in [1.807, 2.05) is 0 Å². The molecular formula is C10H9N5O5. The lowest BCUT2D eigenvalue weighted by molar-refractivity contribution is -0.385. The first-order valence-corrected chi connectivity index (χ1v) is 5.51. The molecule has 0 radical (unpaired) electrons. The molecule has 2 heterocycles. The predicted molar refractivity (Wildman–Crippen MR) is 67.5 cm³/mol. The zero-order valence-corrected chi connectivity index (χ0v) is 10.3. The van der Waals surface area contributed by atoms with Crippen LogP contribution in [-0.4, -0.2) is 26.3 Å². The van der Waals surface area contributed by atoms with Gasteiger partial charge in [-0.25, -0.2) is 4.98 Å². The molecule has 1 N–H and O–H groups in total. The van der Waals surface area contributed by atoms with Gasteiger partial charge in [0.25, 0.3) is 0 Å². The van der Waals surface area contributed by atoms with E-state index in [4.69, 9.17) is 4.74 Å². The van der Waals surface area contributed by atoms with Gasteiger partial charge in [-0.2, -0.15) is 4.68 Å². The highest BCUT2D eigenvalue weighted by atomic mass is 16.6. The van der Waals surface area contributed by atoms with E-state index in [1.165, 1.54) is 18.3 Å². The van der Waals surface area contributed by atoms with Gasteiger partial charge in [-0.3, -0.25) is 20.0 Å². The van der Waals surface area contributed by atoms with Crippen molar-refractivity contribution in [2.45, 2.75) is 6.92 Å². The number of hydrogen-bond donors (Lipinski definition) is 1. The standard InChI is InChI=1S/C10H9N5O5/c1-2-20-9-7(13-17)10(16)14(12-9)8-6(15(18)19)4-3-5-11-8/h3-5,12H,2H2,1H3. The third-order valence-corrected chi connectivity index (χ3v) is 2.39. The summed E-state index contributed by atoms with van der Waals surface area (Å²) in [6.45, 7) is 1.83. The summed E-state index contributed by atoms with van der Waals surface area (Å²) in [6.07, 6.45) is 1.28. The van der Waals surface area contributed by atoms with Crippen molar-refractivity contribution in [3.05, 3.63) is 43.7 Å². The maximum atomic E-state index is 12.0. The summed E-state index contributed by atoms with van der Waals surface area (Å²) in [6, 6.07) is 2.54.